The number of imidazole rings is 1. The monoisotopic (exact) mass is 374 g/mol. The molecule has 4 rings (SSSR count). The smallest absolute Gasteiger partial charge is 0.257 e. The van der Waals surface area contributed by atoms with Crippen molar-refractivity contribution in [1.29, 1.82) is 0 Å². The Labute approximate surface area is 159 Å². The third-order valence-corrected chi connectivity index (χ3v) is 4.23. The minimum absolute atomic E-state index is 0.307. The molecule has 0 saturated carbocycles. The van der Waals surface area contributed by atoms with Crippen LogP contribution in [0.2, 0.25) is 0 Å². The summed E-state index contributed by atoms with van der Waals surface area (Å²) >= 11 is 0. The van der Waals surface area contributed by atoms with Crippen LogP contribution in [-0.2, 0) is 0 Å². The van der Waals surface area contributed by atoms with Gasteiger partial charge in [-0.25, -0.2) is 9.37 Å². The number of aromatic nitrogens is 3. The Balaban J connectivity index is 1.56. The van der Waals surface area contributed by atoms with E-state index in [0.717, 1.165) is 11.3 Å². The van der Waals surface area contributed by atoms with E-state index in [4.69, 9.17) is 0 Å². The van der Waals surface area contributed by atoms with Gasteiger partial charge in [0.25, 0.3) is 11.5 Å². The molecule has 2 aromatic heterocycles. The topological polar surface area (TPSA) is 79.8 Å². The van der Waals surface area contributed by atoms with Crippen molar-refractivity contribution in [2.75, 3.05) is 5.32 Å². The van der Waals surface area contributed by atoms with Crippen molar-refractivity contribution in [2.45, 2.75) is 0 Å². The summed E-state index contributed by atoms with van der Waals surface area (Å²) in [6, 6.07) is 15.5. The molecule has 0 fully saturated rings. The summed E-state index contributed by atoms with van der Waals surface area (Å²) in [5, 5.41) is 2.80. The van der Waals surface area contributed by atoms with Gasteiger partial charge in [0.15, 0.2) is 0 Å². The number of nitrogens with zero attached hydrogens (tertiary/aromatic N) is 2. The first-order valence-corrected chi connectivity index (χ1v) is 8.49. The highest BCUT2D eigenvalue weighted by atomic mass is 19.1. The van der Waals surface area contributed by atoms with Crippen LogP contribution in [0.4, 0.5) is 10.1 Å². The molecule has 6 nitrogen and oxygen atoms in total. The third kappa shape index (κ3) is 3.59. The maximum absolute atomic E-state index is 13.1. The van der Waals surface area contributed by atoms with Crippen LogP contribution < -0.4 is 10.9 Å². The number of benzene rings is 2. The Hall–Kier alpha value is -4.00. The fourth-order valence-corrected chi connectivity index (χ4v) is 2.78. The first-order chi connectivity index (χ1) is 13.6. The number of H-pyrrole nitrogens is 1. The van der Waals surface area contributed by atoms with Gasteiger partial charge in [-0.05, 0) is 48.0 Å². The van der Waals surface area contributed by atoms with Crippen LogP contribution in [0.3, 0.4) is 0 Å². The molecule has 0 bridgehead atoms. The summed E-state index contributed by atoms with van der Waals surface area (Å²) < 4.78 is 14.4. The second-order valence-corrected chi connectivity index (χ2v) is 6.10. The highest BCUT2D eigenvalue weighted by Gasteiger charge is 2.10. The molecule has 2 aromatic carbocycles. The van der Waals surface area contributed by atoms with Gasteiger partial charge < -0.3 is 10.3 Å². The predicted octanol–water partition coefficient (Wildman–Crippen LogP) is 3.62. The lowest BCUT2D eigenvalue weighted by Gasteiger charge is -2.09. The number of rotatable bonds is 4. The molecule has 0 unspecified atom stereocenters. The van der Waals surface area contributed by atoms with Crippen LogP contribution in [-0.4, -0.2) is 20.4 Å². The fraction of sp³-hybridized carbons (Fsp3) is 0. The number of aromatic amines is 1. The zero-order valence-corrected chi connectivity index (χ0v) is 14.6. The molecule has 2 N–H and O–H groups in total. The van der Waals surface area contributed by atoms with Crippen molar-refractivity contribution in [3.63, 3.8) is 0 Å². The lowest BCUT2D eigenvalue weighted by atomic mass is 10.1. The van der Waals surface area contributed by atoms with E-state index in [9.17, 15) is 14.0 Å². The molecule has 0 aliphatic heterocycles. The number of carbonyl (C=O) groups is 1. The minimum atomic E-state index is -0.399. The maximum Gasteiger partial charge on any atom is 0.257 e. The highest BCUT2D eigenvalue weighted by Crippen LogP contribution is 2.19. The average molecular weight is 374 g/mol. The van der Waals surface area contributed by atoms with E-state index in [1.165, 1.54) is 47.2 Å². The molecule has 0 spiro atoms. The maximum atomic E-state index is 13.1. The van der Waals surface area contributed by atoms with Crippen LogP contribution in [0.1, 0.15) is 10.4 Å². The molecule has 2 heterocycles. The number of halogens is 1. The summed E-state index contributed by atoms with van der Waals surface area (Å²) in [6.45, 7) is 0. The van der Waals surface area contributed by atoms with Gasteiger partial charge in [-0.15, -0.1) is 0 Å². The number of hydrogen-bond donors (Lipinski definition) is 2. The van der Waals surface area contributed by atoms with Gasteiger partial charge in [0, 0.05) is 23.6 Å². The van der Waals surface area contributed by atoms with E-state index < -0.39 is 5.82 Å². The lowest BCUT2D eigenvalue weighted by molar-refractivity contribution is 0.102. The molecule has 0 radical (unpaired) electrons. The fourth-order valence-electron chi connectivity index (χ4n) is 2.78. The van der Waals surface area contributed by atoms with Crippen LogP contribution >= 0.6 is 0 Å². The van der Waals surface area contributed by atoms with Crippen LogP contribution in [0.25, 0.3) is 16.9 Å². The lowest BCUT2D eigenvalue weighted by Crippen LogP contribution is -2.20. The molecule has 0 saturated heterocycles. The van der Waals surface area contributed by atoms with Gasteiger partial charge in [-0.1, -0.05) is 12.1 Å². The van der Waals surface area contributed by atoms with E-state index in [1.807, 2.05) is 12.1 Å². The third-order valence-electron chi connectivity index (χ3n) is 4.23. The van der Waals surface area contributed by atoms with Crippen molar-refractivity contribution in [1.82, 2.24) is 14.5 Å². The van der Waals surface area contributed by atoms with Crippen molar-refractivity contribution < 1.29 is 9.18 Å². The molecule has 138 valence electrons. The van der Waals surface area contributed by atoms with E-state index in [0.29, 0.717) is 16.9 Å². The largest absolute Gasteiger partial charge is 0.345 e. The Bertz CT molecular complexity index is 1160. The average Bonchev–Trinajstić information content (AvgIpc) is 3.24. The normalized spacial score (nSPS) is 10.6. The number of anilines is 1. The number of amides is 1. The van der Waals surface area contributed by atoms with Crippen molar-refractivity contribution in [3.8, 4) is 16.9 Å². The summed E-state index contributed by atoms with van der Waals surface area (Å²) in [4.78, 5) is 31.7. The summed E-state index contributed by atoms with van der Waals surface area (Å²) in [7, 11) is 0. The van der Waals surface area contributed by atoms with E-state index >= 15 is 0 Å². The number of carbonyl (C=O) groups excluding carboxylic acids is 1. The standard InChI is InChI=1S/C21H15FN4O2/c22-16-4-8-18(9-5-16)26-12-15(3-10-20(26)27)21(28)25-17-6-1-14(2-7-17)19-11-23-13-24-19/h1-13H,(H,23,24)(H,25,28). The van der Waals surface area contributed by atoms with Crippen LogP contribution in [0.5, 0.6) is 0 Å². The van der Waals surface area contributed by atoms with E-state index in [2.05, 4.69) is 15.3 Å². The zero-order valence-electron chi connectivity index (χ0n) is 14.6. The quantitative estimate of drug-likeness (QED) is 0.573. The highest BCUT2D eigenvalue weighted by molar-refractivity contribution is 6.04. The first-order valence-electron chi connectivity index (χ1n) is 8.49. The molecular formula is C21H15FN4O2. The number of pyridine rings is 1. The van der Waals surface area contributed by atoms with E-state index in [1.54, 1.807) is 24.7 Å². The second kappa shape index (κ2) is 7.32. The minimum Gasteiger partial charge on any atom is -0.345 e. The van der Waals surface area contributed by atoms with Gasteiger partial charge in [0.1, 0.15) is 5.82 Å². The summed E-state index contributed by atoms with van der Waals surface area (Å²) in [5.74, 6) is -0.755. The summed E-state index contributed by atoms with van der Waals surface area (Å²) in [5.41, 5.74) is 2.91. The van der Waals surface area contributed by atoms with E-state index in [-0.39, 0.29) is 11.5 Å². The predicted molar refractivity (Wildman–Crippen MR) is 104 cm³/mol. The number of hydrogen-bond acceptors (Lipinski definition) is 3. The van der Waals surface area contributed by atoms with Crippen molar-refractivity contribution in [2.24, 2.45) is 0 Å². The Morgan fingerprint density at radius 2 is 1.75 bits per heavy atom. The Morgan fingerprint density at radius 3 is 2.43 bits per heavy atom. The molecule has 0 aliphatic carbocycles. The number of nitrogens with one attached hydrogen (secondary N) is 2. The molecule has 0 atom stereocenters. The van der Waals surface area contributed by atoms with Crippen LogP contribution in [0, 0.1) is 5.82 Å². The molecule has 4 aromatic rings. The molecule has 7 heteroatoms. The van der Waals surface area contributed by atoms with Gasteiger partial charge in [-0.3, -0.25) is 14.2 Å². The van der Waals surface area contributed by atoms with Gasteiger partial charge in [-0.2, -0.15) is 0 Å². The van der Waals surface area contributed by atoms with Crippen molar-refractivity contribution in [3.05, 3.63) is 101 Å². The Kier molecular flexibility index (Phi) is 4.55. The van der Waals surface area contributed by atoms with Crippen molar-refractivity contribution >= 4 is 11.6 Å². The zero-order chi connectivity index (χ0) is 19.5. The summed E-state index contributed by atoms with van der Waals surface area (Å²) in [6.07, 6.45) is 4.75. The van der Waals surface area contributed by atoms with Gasteiger partial charge in [0.2, 0.25) is 0 Å². The first kappa shape index (κ1) is 17.4. The molecular weight excluding hydrogens is 359 g/mol. The molecule has 1 amide bonds. The molecule has 0 aliphatic rings. The van der Waals surface area contributed by atoms with Gasteiger partial charge in [0.05, 0.1) is 23.8 Å². The Morgan fingerprint density at radius 1 is 1.00 bits per heavy atom. The second-order valence-electron chi connectivity index (χ2n) is 6.10. The SMILES string of the molecule is O=C(Nc1ccc(-c2cnc[nH]2)cc1)c1ccc(=O)n(-c2ccc(F)cc2)c1. The van der Waals surface area contributed by atoms with Crippen LogP contribution in [0.15, 0.2) is 84.2 Å². The van der Waals surface area contributed by atoms with Gasteiger partial charge >= 0.3 is 0 Å². The molecule has 28 heavy (non-hydrogen) atoms.